The molecule has 0 atom stereocenters. The molecule has 1 aliphatic rings. The van der Waals surface area contributed by atoms with Gasteiger partial charge in [0.1, 0.15) is 0 Å². The standard InChI is InChI=1S/C28H37N3O2/c1-18(2)20-8-10-21(11-9-20)29-26-30-23-13-19(14-25(32)33)7-12-24(23)31(26)22-15-27(3,4)17-28(5,6)16-22/h7-13,18,22H,14-17H2,1-6H3,(H,29,30)(H,32,33). The molecule has 2 N–H and O–H groups in total. The molecule has 0 unspecified atom stereocenters. The van der Waals surface area contributed by atoms with E-state index >= 15 is 0 Å². The summed E-state index contributed by atoms with van der Waals surface area (Å²) in [5, 5.41) is 12.8. The lowest BCUT2D eigenvalue weighted by molar-refractivity contribution is -0.136. The molecule has 0 spiro atoms. The average molecular weight is 448 g/mol. The van der Waals surface area contributed by atoms with Crippen molar-refractivity contribution in [2.45, 2.75) is 79.2 Å². The quantitative estimate of drug-likeness (QED) is 0.416. The molecular formula is C28H37N3O2. The number of carboxylic acids is 1. The highest BCUT2D eigenvalue weighted by molar-refractivity contribution is 5.82. The molecule has 1 saturated carbocycles. The predicted molar refractivity (Wildman–Crippen MR) is 135 cm³/mol. The summed E-state index contributed by atoms with van der Waals surface area (Å²) in [7, 11) is 0. The zero-order valence-electron chi connectivity index (χ0n) is 20.8. The Bertz CT molecular complexity index is 1140. The van der Waals surface area contributed by atoms with E-state index in [9.17, 15) is 9.90 Å². The smallest absolute Gasteiger partial charge is 0.307 e. The first-order valence-corrected chi connectivity index (χ1v) is 12.0. The van der Waals surface area contributed by atoms with Crippen LogP contribution in [0.15, 0.2) is 42.5 Å². The van der Waals surface area contributed by atoms with Crippen LogP contribution in [0.5, 0.6) is 0 Å². The molecular weight excluding hydrogens is 410 g/mol. The van der Waals surface area contributed by atoms with Gasteiger partial charge in [-0.3, -0.25) is 4.79 Å². The third-order valence-corrected chi connectivity index (χ3v) is 6.84. The van der Waals surface area contributed by atoms with Gasteiger partial charge in [-0.1, -0.05) is 59.7 Å². The second-order valence-corrected chi connectivity index (χ2v) is 11.7. The van der Waals surface area contributed by atoms with Crippen LogP contribution < -0.4 is 5.32 Å². The molecule has 0 bridgehead atoms. The van der Waals surface area contributed by atoms with Crippen molar-refractivity contribution in [3.8, 4) is 0 Å². The molecule has 0 radical (unpaired) electrons. The number of benzene rings is 2. The Labute approximate surface area is 197 Å². The number of hydrogen-bond acceptors (Lipinski definition) is 3. The molecule has 1 heterocycles. The molecule has 1 fully saturated rings. The molecule has 3 aromatic rings. The topological polar surface area (TPSA) is 67.2 Å². The number of nitrogens with zero attached hydrogens (tertiary/aromatic N) is 2. The third kappa shape index (κ3) is 5.23. The van der Waals surface area contributed by atoms with E-state index in [2.05, 4.69) is 75.7 Å². The van der Waals surface area contributed by atoms with Crippen molar-refractivity contribution in [3.63, 3.8) is 0 Å². The van der Waals surface area contributed by atoms with Crippen LogP contribution in [0.4, 0.5) is 11.6 Å². The molecule has 0 amide bonds. The van der Waals surface area contributed by atoms with Crippen LogP contribution in [0, 0.1) is 10.8 Å². The number of nitrogens with one attached hydrogen (secondary N) is 1. The third-order valence-electron chi connectivity index (χ3n) is 6.84. The van der Waals surface area contributed by atoms with Crippen molar-refractivity contribution in [2.24, 2.45) is 10.8 Å². The van der Waals surface area contributed by atoms with Gasteiger partial charge in [-0.25, -0.2) is 4.98 Å². The number of aliphatic carboxylic acids is 1. The van der Waals surface area contributed by atoms with Gasteiger partial charge in [0.15, 0.2) is 0 Å². The molecule has 1 aliphatic carbocycles. The van der Waals surface area contributed by atoms with E-state index in [1.807, 2.05) is 18.2 Å². The van der Waals surface area contributed by atoms with Crippen LogP contribution in [0.3, 0.4) is 0 Å². The summed E-state index contributed by atoms with van der Waals surface area (Å²) in [6.07, 6.45) is 3.37. The molecule has 33 heavy (non-hydrogen) atoms. The van der Waals surface area contributed by atoms with Crippen LogP contribution in [0.25, 0.3) is 11.0 Å². The van der Waals surface area contributed by atoms with Crippen molar-refractivity contribution >= 4 is 28.6 Å². The fraction of sp³-hybridized carbons (Fsp3) is 0.500. The summed E-state index contributed by atoms with van der Waals surface area (Å²) in [5.74, 6) is 0.490. The van der Waals surface area contributed by atoms with Gasteiger partial charge in [0.25, 0.3) is 0 Å². The number of carbonyl (C=O) groups is 1. The zero-order valence-corrected chi connectivity index (χ0v) is 20.8. The highest BCUT2D eigenvalue weighted by Gasteiger charge is 2.40. The van der Waals surface area contributed by atoms with Crippen molar-refractivity contribution in [3.05, 3.63) is 53.6 Å². The summed E-state index contributed by atoms with van der Waals surface area (Å²) >= 11 is 0. The fourth-order valence-electron chi connectivity index (χ4n) is 5.94. The molecule has 1 aromatic heterocycles. The van der Waals surface area contributed by atoms with Crippen LogP contribution in [-0.4, -0.2) is 20.6 Å². The lowest BCUT2D eigenvalue weighted by atomic mass is 9.63. The highest BCUT2D eigenvalue weighted by Crippen LogP contribution is 2.51. The summed E-state index contributed by atoms with van der Waals surface area (Å²) in [4.78, 5) is 16.2. The Kier molecular flexibility index (Phi) is 6.02. The fourth-order valence-corrected chi connectivity index (χ4v) is 5.94. The van der Waals surface area contributed by atoms with Crippen molar-refractivity contribution in [2.75, 3.05) is 5.32 Å². The largest absolute Gasteiger partial charge is 0.481 e. The van der Waals surface area contributed by atoms with E-state index in [1.54, 1.807) is 0 Å². The van der Waals surface area contributed by atoms with Crippen molar-refractivity contribution in [1.29, 1.82) is 0 Å². The maximum atomic E-state index is 11.2. The number of rotatable bonds is 6. The average Bonchev–Trinajstić information content (AvgIpc) is 3.02. The van der Waals surface area contributed by atoms with E-state index in [0.717, 1.165) is 41.1 Å². The predicted octanol–water partition coefficient (Wildman–Crippen LogP) is 7.31. The SMILES string of the molecule is CC(C)c1ccc(Nc2nc3cc(CC(=O)O)ccc3n2C2CC(C)(C)CC(C)(C)C2)cc1. The minimum Gasteiger partial charge on any atom is -0.481 e. The van der Waals surface area contributed by atoms with Crippen molar-refractivity contribution in [1.82, 2.24) is 9.55 Å². The van der Waals surface area contributed by atoms with E-state index in [0.29, 0.717) is 12.0 Å². The zero-order chi connectivity index (χ0) is 24.0. The van der Waals surface area contributed by atoms with Crippen LogP contribution in [0.1, 0.15) is 83.9 Å². The Morgan fingerprint density at radius 3 is 2.30 bits per heavy atom. The first-order valence-electron chi connectivity index (χ1n) is 12.0. The number of carboxylic acid groups (broad SMARTS) is 1. The number of fused-ring (bicyclic) bond motifs is 1. The van der Waals surface area contributed by atoms with Crippen molar-refractivity contribution < 1.29 is 9.90 Å². The minimum atomic E-state index is -0.826. The molecule has 2 aromatic carbocycles. The van der Waals surface area contributed by atoms with Crippen LogP contribution in [-0.2, 0) is 11.2 Å². The molecule has 0 aliphatic heterocycles. The van der Waals surface area contributed by atoms with E-state index in [4.69, 9.17) is 4.98 Å². The first-order chi connectivity index (χ1) is 15.4. The molecule has 5 nitrogen and oxygen atoms in total. The Morgan fingerprint density at radius 2 is 1.73 bits per heavy atom. The lowest BCUT2D eigenvalue weighted by Gasteiger charge is -2.45. The lowest BCUT2D eigenvalue weighted by Crippen LogP contribution is -2.35. The first kappa shape index (κ1) is 23.3. The van der Waals surface area contributed by atoms with Gasteiger partial charge in [-0.15, -0.1) is 0 Å². The minimum absolute atomic E-state index is 0.00567. The summed E-state index contributed by atoms with van der Waals surface area (Å²) in [5.41, 5.74) is 5.47. The maximum Gasteiger partial charge on any atom is 0.307 e. The van der Waals surface area contributed by atoms with Gasteiger partial charge < -0.3 is 15.0 Å². The molecule has 0 saturated heterocycles. The van der Waals surface area contributed by atoms with E-state index < -0.39 is 5.97 Å². The number of anilines is 2. The van der Waals surface area contributed by atoms with Gasteiger partial charge in [-0.2, -0.15) is 0 Å². The van der Waals surface area contributed by atoms with Crippen LogP contribution in [0.2, 0.25) is 0 Å². The second-order valence-electron chi connectivity index (χ2n) is 11.7. The van der Waals surface area contributed by atoms with Gasteiger partial charge in [0.2, 0.25) is 5.95 Å². The maximum absolute atomic E-state index is 11.2. The second kappa shape index (κ2) is 8.51. The number of aromatic nitrogens is 2. The van der Waals surface area contributed by atoms with E-state index in [1.165, 1.54) is 12.0 Å². The summed E-state index contributed by atoms with van der Waals surface area (Å²) in [6.45, 7) is 13.9. The molecule has 176 valence electrons. The molecule has 5 heteroatoms. The van der Waals surface area contributed by atoms with Gasteiger partial charge in [0.05, 0.1) is 17.5 Å². The van der Waals surface area contributed by atoms with Gasteiger partial charge >= 0.3 is 5.97 Å². The van der Waals surface area contributed by atoms with Gasteiger partial charge in [0, 0.05) is 11.7 Å². The number of hydrogen-bond donors (Lipinski definition) is 2. The van der Waals surface area contributed by atoms with E-state index in [-0.39, 0.29) is 17.3 Å². The highest BCUT2D eigenvalue weighted by atomic mass is 16.4. The Morgan fingerprint density at radius 1 is 1.09 bits per heavy atom. The van der Waals surface area contributed by atoms with Crippen LogP contribution >= 0.6 is 0 Å². The Balaban J connectivity index is 1.79. The van der Waals surface area contributed by atoms with Gasteiger partial charge in [-0.05, 0) is 71.4 Å². The monoisotopic (exact) mass is 447 g/mol. The summed E-state index contributed by atoms with van der Waals surface area (Å²) < 4.78 is 2.36. The summed E-state index contributed by atoms with van der Waals surface area (Å²) in [6, 6.07) is 14.8. The normalized spacial score (nSPS) is 18.0. The Hall–Kier alpha value is -2.82. The number of imidazole rings is 1. The molecule has 4 rings (SSSR count).